The van der Waals surface area contributed by atoms with Crippen molar-refractivity contribution in [3.8, 4) is 0 Å². The SMILES string of the molecule is CCC1CNC(C)CN1CCOC(C)(C)C. The van der Waals surface area contributed by atoms with Gasteiger partial charge in [-0.25, -0.2) is 0 Å². The highest BCUT2D eigenvalue weighted by atomic mass is 16.5. The summed E-state index contributed by atoms with van der Waals surface area (Å²) >= 11 is 0. The van der Waals surface area contributed by atoms with E-state index >= 15 is 0 Å². The van der Waals surface area contributed by atoms with Crippen LogP contribution in [-0.2, 0) is 4.74 Å². The van der Waals surface area contributed by atoms with E-state index in [1.165, 1.54) is 6.42 Å². The number of ether oxygens (including phenoxy) is 1. The van der Waals surface area contributed by atoms with Gasteiger partial charge in [0.25, 0.3) is 0 Å². The van der Waals surface area contributed by atoms with E-state index < -0.39 is 0 Å². The van der Waals surface area contributed by atoms with E-state index in [0.29, 0.717) is 12.1 Å². The minimum absolute atomic E-state index is 0.0125. The Bertz CT molecular complexity index is 201. The highest BCUT2D eigenvalue weighted by Gasteiger charge is 2.24. The molecule has 1 fully saturated rings. The third-order valence-electron chi connectivity index (χ3n) is 3.11. The average Bonchev–Trinajstić information content (AvgIpc) is 2.16. The second-order valence-corrected chi connectivity index (χ2v) is 5.83. The maximum atomic E-state index is 5.80. The molecule has 0 aromatic carbocycles. The fraction of sp³-hybridized carbons (Fsp3) is 1.00. The van der Waals surface area contributed by atoms with Gasteiger partial charge in [-0.15, -0.1) is 0 Å². The molecule has 0 aromatic rings. The fourth-order valence-corrected chi connectivity index (χ4v) is 2.18. The van der Waals surface area contributed by atoms with Crippen molar-refractivity contribution in [2.24, 2.45) is 0 Å². The van der Waals surface area contributed by atoms with Gasteiger partial charge in [-0.2, -0.15) is 0 Å². The number of piperazine rings is 1. The van der Waals surface area contributed by atoms with Gasteiger partial charge in [0.15, 0.2) is 0 Å². The molecule has 0 radical (unpaired) electrons. The zero-order valence-corrected chi connectivity index (χ0v) is 11.5. The van der Waals surface area contributed by atoms with Crippen LogP contribution in [0, 0.1) is 0 Å². The Morgan fingerprint density at radius 3 is 2.62 bits per heavy atom. The lowest BCUT2D eigenvalue weighted by molar-refractivity contribution is -0.0220. The number of nitrogens with one attached hydrogen (secondary N) is 1. The molecule has 1 rings (SSSR count). The summed E-state index contributed by atoms with van der Waals surface area (Å²) in [7, 11) is 0. The van der Waals surface area contributed by atoms with Crippen molar-refractivity contribution >= 4 is 0 Å². The summed E-state index contributed by atoms with van der Waals surface area (Å²) in [4.78, 5) is 2.56. The van der Waals surface area contributed by atoms with E-state index in [2.05, 4.69) is 44.8 Å². The van der Waals surface area contributed by atoms with Crippen molar-refractivity contribution < 1.29 is 4.74 Å². The molecule has 0 saturated carbocycles. The predicted octanol–water partition coefficient (Wildman–Crippen LogP) is 1.87. The second kappa shape index (κ2) is 5.99. The average molecular weight is 228 g/mol. The Labute approximate surface area is 101 Å². The quantitative estimate of drug-likeness (QED) is 0.795. The maximum absolute atomic E-state index is 5.80. The van der Waals surface area contributed by atoms with Gasteiger partial charge in [-0.3, -0.25) is 4.90 Å². The molecular weight excluding hydrogens is 200 g/mol. The predicted molar refractivity (Wildman–Crippen MR) is 68.8 cm³/mol. The summed E-state index contributed by atoms with van der Waals surface area (Å²) in [6.45, 7) is 15.0. The molecule has 1 saturated heterocycles. The minimum atomic E-state index is -0.0125. The first-order valence-electron chi connectivity index (χ1n) is 6.53. The molecule has 0 aliphatic carbocycles. The topological polar surface area (TPSA) is 24.5 Å². The third-order valence-corrected chi connectivity index (χ3v) is 3.11. The number of hydrogen-bond donors (Lipinski definition) is 1. The van der Waals surface area contributed by atoms with Crippen molar-refractivity contribution in [2.45, 2.75) is 58.7 Å². The van der Waals surface area contributed by atoms with E-state index in [9.17, 15) is 0 Å². The van der Waals surface area contributed by atoms with Crippen LogP contribution in [0.5, 0.6) is 0 Å². The summed E-state index contributed by atoms with van der Waals surface area (Å²) in [6, 6.07) is 1.29. The van der Waals surface area contributed by atoms with Gasteiger partial charge in [0.1, 0.15) is 0 Å². The lowest BCUT2D eigenvalue weighted by Crippen LogP contribution is -2.56. The van der Waals surface area contributed by atoms with Crippen molar-refractivity contribution in [3.05, 3.63) is 0 Å². The molecule has 0 aromatic heterocycles. The molecule has 1 N–H and O–H groups in total. The minimum Gasteiger partial charge on any atom is -0.375 e. The Balaban J connectivity index is 2.32. The van der Waals surface area contributed by atoms with E-state index in [4.69, 9.17) is 4.74 Å². The number of hydrogen-bond acceptors (Lipinski definition) is 3. The van der Waals surface area contributed by atoms with Gasteiger partial charge in [-0.1, -0.05) is 6.92 Å². The number of nitrogens with zero attached hydrogens (tertiary/aromatic N) is 1. The first-order chi connectivity index (χ1) is 7.42. The van der Waals surface area contributed by atoms with E-state index in [1.54, 1.807) is 0 Å². The maximum Gasteiger partial charge on any atom is 0.0600 e. The molecule has 0 spiro atoms. The fourth-order valence-electron chi connectivity index (χ4n) is 2.18. The van der Waals surface area contributed by atoms with Crippen LogP contribution in [0.15, 0.2) is 0 Å². The van der Waals surface area contributed by atoms with Crippen LogP contribution in [-0.4, -0.2) is 48.8 Å². The molecule has 16 heavy (non-hydrogen) atoms. The molecular formula is C13H28N2O. The van der Waals surface area contributed by atoms with Gasteiger partial charge in [-0.05, 0) is 34.1 Å². The molecule has 1 aliphatic rings. The Morgan fingerprint density at radius 1 is 1.38 bits per heavy atom. The lowest BCUT2D eigenvalue weighted by Gasteiger charge is -2.39. The van der Waals surface area contributed by atoms with E-state index in [0.717, 1.165) is 26.2 Å². The lowest BCUT2D eigenvalue weighted by atomic mass is 10.1. The molecule has 0 amide bonds. The van der Waals surface area contributed by atoms with E-state index in [-0.39, 0.29) is 5.60 Å². The van der Waals surface area contributed by atoms with E-state index in [1.807, 2.05) is 0 Å². The van der Waals surface area contributed by atoms with Crippen LogP contribution in [0.2, 0.25) is 0 Å². The van der Waals surface area contributed by atoms with Crippen molar-refractivity contribution in [1.29, 1.82) is 0 Å². The van der Waals surface area contributed by atoms with Crippen LogP contribution in [0.3, 0.4) is 0 Å². The molecule has 0 bridgehead atoms. The Hall–Kier alpha value is -0.120. The Morgan fingerprint density at radius 2 is 2.06 bits per heavy atom. The summed E-state index contributed by atoms with van der Waals surface area (Å²) in [5.41, 5.74) is -0.0125. The summed E-state index contributed by atoms with van der Waals surface area (Å²) in [5, 5.41) is 3.54. The van der Waals surface area contributed by atoms with Crippen LogP contribution in [0.25, 0.3) is 0 Å². The summed E-state index contributed by atoms with van der Waals surface area (Å²) in [5.74, 6) is 0. The molecule has 96 valence electrons. The number of rotatable bonds is 4. The molecule has 2 atom stereocenters. The largest absolute Gasteiger partial charge is 0.375 e. The Kier molecular flexibility index (Phi) is 5.22. The smallest absolute Gasteiger partial charge is 0.0600 e. The van der Waals surface area contributed by atoms with Gasteiger partial charge in [0, 0.05) is 31.7 Å². The van der Waals surface area contributed by atoms with Crippen LogP contribution >= 0.6 is 0 Å². The zero-order valence-electron chi connectivity index (χ0n) is 11.5. The van der Waals surface area contributed by atoms with Crippen molar-refractivity contribution in [1.82, 2.24) is 10.2 Å². The molecule has 3 heteroatoms. The highest BCUT2D eigenvalue weighted by Crippen LogP contribution is 2.11. The molecule has 3 nitrogen and oxygen atoms in total. The van der Waals surface area contributed by atoms with Gasteiger partial charge < -0.3 is 10.1 Å². The molecule has 1 aliphatic heterocycles. The first-order valence-corrected chi connectivity index (χ1v) is 6.53. The standard InChI is InChI=1S/C13H28N2O/c1-6-12-9-14-11(2)10-15(12)7-8-16-13(3,4)5/h11-12,14H,6-10H2,1-5H3. The van der Waals surface area contributed by atoms with Crippen LogP contribution in [0.1, 0.15) is 41.0 Å². The first kappa shape index (κ1) is 13.9. The van der Waals surface area contributed by atoms with Gasteiger partial charge in [0.2, 0.25) is 0 Å². The van der Waals surface area contributed by atoms with Gasteiger partial charge in [0.05, 0.1) is 12.2 Å². The second-order valence-electron chi connectivity index (χ2n) is 5.83. The zero-order chi connectivity index (χ0) is 12.2. The van der Waals surface area contributed by atoms with Crippen molar-refractivity contribution in [3.63, 3.8) is 0 Å². The van der Waals surface area contributed by atoms with Crippen LogP contribution in [0.4, 0.5) is 0 Å². The normalized spacial score (nSPS) is 28.3. The van der Waals surface area contributed by atoms with Crippen molar-refractivity contribution in [2.75, 3.05) is 26.2 Å². The summed E-state index contributed by atoms with van der Waals surface area (Å²) in [6.07, 6.45) is 1.22. The highest BCUT2D eigenvalue weighted by molar-refractivity contribution is 4.83. The third kappa shape index (κ3) is 4.81. The van der Waals surface area contributed by atoms with Gasteiger partial charge >= 0.3 is 0 Å². The monoisotopic (exact) mass is 228 g/mol. The molecule has 2 unspecified atom stereocenters. The molecule has 1 heterocycles. The van der Waals surface area contributed by atoms with Crippen LogP contribution < -0.4 is 5.32 Å². The summed E-state index contributed by atoms with van der Waals surface area (Å²) < 4.78 is 5.80.